The van der Waals surface area contributed by atoms with Gasteiger partial charge in [-0.2, -0.15) is 0 Å². The van der Waals surface area contributed by atoms with E-state index in [-0.39, 0.29) is 23.9 Å². The largest absolute Gasteiger partial charge is 0.337 e. The zero-order valence-corrected chi connectivity index (χ0v) is 16.3. The molecule has 142 valence electrons. The van der Waals surface area contributed by atoms with Crippen molar-refractivity contribution in [1.29, 1.82) is 0 Å². The second kappa shape index (κ2) is 6.60. The Morgan fingerprint density at radius 1 is 1.18 bits per heavy atom. The fourth-order valence-electron chi connectivity index (χ4n) is 4.27. The van der Waals surface area contributed by atoms with Crippen LogP contribution in [0.1, 0.15) is 37.5 Å². The molecule has 1 saturated heterocycles. The molecule has 5 heterocycles. The van der Waals surface area contributed by atoms with E-state index in [1.807, 2.05) is 69.3 Å². The quantitative estimate of drug-likeness (QED) is 0.689. The molecule has 0 aliphatic carbocycles. The Hall–Kier alpha value is -2.93. The van der Waals surface area contributed by atoms with Gasteiger partial charge in [0.05, 0.1) is 29.2 Å². The predicted octanol–water partition coefficient (Wildman–Crippen LogP) is 2.97. The van der Waals surface area contributed by atoms with Gasteiger partial charge in [0.15, 0.2) is 0 Å². The van der Waals surface area contributed by atoms with Gasteiger partial charge in [0.25, 0.3) is 11.8 Å². The number of fused-ring (bicyclic) bond motifs is 3. The molecule has 2 aliphatic heterocycles. The maximum atomic E-state index is 13.2. The number of aromatic nitrogens is 2. The van der Waals surface area contributed by atoms with Gasteiger partial charge in [-0.15, -0.1) is 11.3 Å². The van der Waals surface area contributed by atoms with Crippen molar-refractivity contribution in [2.45, 2.75) is 25.6 Å². The van der Waals surface area contributed by atoms with Crippen LogP contribution in [0.25, 0.3) is 0 Å². The summed E-state index contributed by atoms with van der Waals surface area (Å²) in [5, 5.41) is 1.95. The van der Waals surface area contributed by atoms with E-state index in [0.29, 0.717) is 25.3 Å². The highest BCUT2D eigenvalue weighted by Gasteiger charge is 2.46. The minimum atomic E-state index is -0.0568. The van der Waals surface area contributed by atoms with Crippen molar-refractivity contribution in [3.63, 3.8) is 0 Å². The first-order valence-electron chi connectivity index (χ1n) is 9.34. The molecule has 0 aromatic carbocycles. The van der Waals surface area contributed by atoms with Crippen LogP contribution in [0.3, 0.4) is 0 Å². The van der Waals surface area contributed by atoms with Crippen molar-refractivity contribution in [3.05, 3.63) is 76.0 Å². The second-order valence-electron chi connectivity index (χ2n) is 7.33. The number of nitrogens with zero attached hydrogens (tertiary/aromatic N) is 4. The summed E-state index contributed by atoms with van der Waals surface area (Å²) in [6.07, 6.45) is 3.70. The molecule has 6 nitrogen and oxygen atoms in total. The van der Waals surface area contributed by atoms with Gasteiger partial charge in [-0.25, -0.2) is 0 Å². The third-order valence-electron chi connectivity index (χ3n) is 5.68. The van der Waals surface area contributed by atoms with E-state index in [4.69, 9.17) is 0 Å². The Bertz CT molecular complexity index is 1040. The molecule has 0 saturated carbocycles. The first kappa shape index (κ1) is 17.2. The summed E-state index contributed by atoms with van der Waals surface area (Å²) >= 11 is 1.48. The van der Waals surface area contributed by atoms with Crippen LogP contribution in [0.5, 0.6) is 0 Å². The van der Waals surface area contributed by atoms with Crippen LogP contribution in [-0.4, -0.2) is 50.3 Å². The van der Waals surface area contributed by atoms with E-state index in [9.17, 15) is 9.59 Å². The minimum absolute atomic E-state index is 0.00138. The fourth-order valence-corrected chi connectivity index (χ4v) is 5.16. The lowest BCUT2D eigenvalue weighted by atomic mass is 10.1. The van der Waals surface area contributed by atoms with Crippen molar-refractivity contribution in [2.75, 3.05) is 13.1 Å². The van der Waals surface area contributed by atoms with E-state index in [1.165, 1.54) is 11.3 Å². The SMILES string of the molecule is Cc1ccsc1C(=O)N1CC2C(C1)n1cccc1C(=O)N2Cc1ccccn1. The lowest BCUT2D eigenvalue weighted by Gasteiger charge is -2.37. The van der Waals surface area contributed by atoms with E-state index < -0.39 is 0 Å². The molecular weight excluding hydrogens is 372 g/mol. The number of rotatable bonds is 3. The lowest BCUT2D eigenvalue weighted by Crippen LogP contribution is -2.50. The summed E-state index contributed by atoms with van der Waals surface area (Å²) in [5.41, 5.74) is 2.54. The predicted molar refractivity (Wildman–Crippen MR) is 106 cm³/mol. The summed E-state index contributed by atoms with van der Waals surface area (Å²) in [6, 6.07) is 11.5. The molecule has 7 heteroatoms. The summed E-state index contributed by atoms with van der Waals surface area (Å²) < 4.78 is 2.04. The Kier molecular flexibility index (Phi) is 4.05. The molecule has 3 aromatic rings. The van der Waals surface area contributed by atoms with Crippen LogP contribution >= 0.6 is 11.3 Å². The van der Waals surface area contributed by atoms with Gasteiger partial charge in [0, 0.05) is 25.5 Å². The van der Waals surface area contributed by atoms with Crippen molar-refractivity contribution in [3.8, 4) is 0 Å². The molecule has 3 aromatic heterocycles. The number of thiophene rings is 1. The molecule has 2 unspecified atom stereocenters. The van der Waals surface area contributed by atoms with E-state index in [1.54, 1.807) is 6.20 Å². The highest BCUT2D eigenvalue weighted by Crippen LogP contribution is 2.35. The van der Waals surface area contributed by atoms with Crippen molar-refractivity contribution in [2.24, 2.45) is 0 Å². The van der Waals surface area contributed by atoms with Gasteiger partial charge in [-0.1, -0.05) is 6.07 Å². The van der Waals surface area contributed by atoms with Crippen LogP contribution < -0.4 is 0 Å². The molecule has 0 bridgehead atoms. The third kappa shape index (κ3) is 2.65. The normalized spacial score (nSPS) is 21.0. The van der Waals surface area contributed by atoms with E-state index in [0.717, 1.165) is 16.1 Å². The number of likely N-dealkylation sites (tertiary alicyclic amines) is 1. The Morgan fingerprint density at radius 3 is 2.79 bits per heavy atom. The topological polar surface area (TPSA) is 58.4 Å². The molecular formula is C21H20N4O2S. The Labute approximate surface area is 167 Å². The number of hydrogen-bond donors (Lipinski definition) is 0. The van der Waals surface area contributed by atoms with Gasteiger partial charge >= 0.3 is 0 Å². The summed E-state index contributed by atoms with van der Waals surface area (Å²) in [5.74, 6) is 0.0550. The highest BCUT2D eigenvalue weighted by atomic mass is 32.1. The average Bonchev–Trinajstić information content (AvgIpc) is 3.44. The summed E-state index contributed by atoms with van der Waals surface area (Å²) in [4.78, 5) is 35.2. The van der Waals surface area contributed by atoms with Gasteiger partial charge < -0.3 is 14.4 Å². The molecule has 0 N–H and O–H groups in total. The number of aryl methyl sites for hydroxylation is 1. The maximum absolute atomic E-state index is 13.2. The standard InChI is InChI=1S/C21H20N4O2S/c1-14-7-10-28-19(14)21(27)23-12-17-18(13-23)25(11-15-5-2-3-8-22-15)20(26)16-6-4-9-24(16)17/h2-10,17-18H,11-13H2,1H3. The average molecular weight is 392 g/mol. The van der Waals surface area contributed by atoms with Gasteiger partial charge in [0.2, 0.25) is 0 Å². The van der Waals surface area contributed by atoms with Crippen molar-refractivity contribution < 1.29 is 9.59 Å². The molecule has 0 radical (unpaired) electrons. The number of pyridine rings is 1. The number of carbonyl (C=O) groups excluding carboxylic acids is 2. The first-order chi connectivity index (χ1) is 13.6. The van der Waals surface area contributed by atoms with E-state index >= 15 is 0 Å². The van der Waals surface area contributed by atoms with Gasteiger partial charge in [-0.05, 0) is 48.2 Å². The molecule has 2 amide bonds. The first-order valence-corrected chi connectivity index (χ1v) is 10.2. The van der Waals surface area contributed by atoms with Crippen molar-refractivity contribution >= 4 is 23.2 Å². The Morgan fingerprint density at radius 2 is 2.04 bits per heavy atom. The van der Waals surface area contributed by atoms with E-state index in [2.05, 4.69) is 4.98 Å². The van der Waals surface area contributed by atoms with Crippen LogP contribution in [0, 0.1) is 6.92 Å². The van der Waals surface area contributed by atoms with Crippen LogP contribution in [0.15, 0.2) is 54.2 Å². The summed E-state index contributed by atoms with van der Waals surface area (Å²) in [6.45, 7) is 3.56. The maximum Gasteiger partial charge on any atom is 0.271 e. The number of carbonyl (C=O) groups is 2. The molecule has 5 rings (SSSR count). The fraction of sp³-hybridized carbons (Fsp3) is 0.286. The lowest BCUT2D eigenvalue weighted by molar-refractivity contribution is 0.0547. The van der Waals surface area contributed by atoms with Crippen LogP contribution in [0.2, 0.25) is 0 Å². The second-order valence-corrected chi connectivity index (χ2v) is 8.25. The zero-order valence-electron chi connectivity index (χ0n) is 15.5. The highest BCUT2D eigenvalue weighted by molar-refractivity contribution is 7.12. The van der Waals surface area contributed by atoms with Gasteiger partial charge in [-0.3, -0.25) is 14.6 Å². The van der Waals surface area contributed by atoms with Crippen LogP contribution in [0.4, 0.5) is 0 Å². The van der Waals surface area contributed by atoms with Crippen molar-refractivity contribution in [1.82, 2.24) is 19.4 Å². The smallest absolute Gasteiger partial charge is 0.271 e. The molecule has 2 atom stereocenters. The Balaban J connectivity index is 1.48. The molecule has 2 aliphatic rings. The monoisotopic (exact) mass is 392 g/mol. The molecule has 0 spiro atoms. The molecule has 28 heavy (non-hydrogen) atoms. The zero-order chi connectivity index (χ0) is 19.3. The van der Waals surface area contributed by atoms with Crippen LogP contribution in [-0.2, 0) is 6.54 Å². The minimum Gasteiger partial charge on any atom is -0.337 e. The molecule has 1 fully saturated rings. The summed E-state index contributed by atoms with van der Waals surface area (Å²) in [7, 11) is 0. The third-order valence-corrected chi connectivity index (χ3v) is 6.68. The van der Waals surface area contributed by atoms with Gasteiger partial charge in [0.1, 0.15) is 5.69 Å². The number of amides is 2. The number of hydrogen-bond acceptors (Lipinski definition) is 4.